The van der Waals surface area contributed by atoms with Crippen molar-refractivity contribution < 1.29 is 9.90 Å². The summed E-state index contributed by atoms with van der Waals surface area (Å²) in [5, 5.41) is 11.1. The number of carbonyl (C=O) groups is 1. The van der Waals surface area contributed by atoms with Gasteiger partial charge < -0.3 is 5.11 Å². The van der Waals surface area contributed by atoms with Gasteiger partial charge in [0.2, 0.25) is 0 Å². The zero-order valence-electron chi connectivity index (χ0n) is 9.87. The summed E-state index contributed by atoms with van der Waals surface area (Å²) in [6, 6.07) is 13.8. The summed E-state index contributed by atoms with van der Waals surface area (Å²) in [4.78, 5) is 12.0. The molecule has 2 rings (SSSR count). The zero-order valence-corrected chi connectivity index (χ0v) is 10.7. The minimum atomic E-state index is -0.856. The number of rotatable bonds is 5. The van der Waals surface area contributed by atoms with E-state index in [2.05, 4.69) is 12.1 Å². The van der Waals surface area contributed by atoms with E-state index >= 15 is 0 Å². The van der Waals surface area contributed by atoms with E-state index in [0.717, 1.165) is 17.7 Å². The van der Waals surface area contributed by atoms with Crippen molar-refractivity contribution in [3.8, 4) is 0 Å². The van der Waals surface area contributed by atoms with Crippen molar-refractivity contribution in [3.05, 3.63) is 64.4 Å². The molecule has 2 aromatic rings. The molecule has 0 fully saturated rings. The molecule has 0 aliphatic rings. The molecule has 0 aliphatic carbocycles. The van der Waals surface area contributed by atoms with Gasteiger partial charge in [-0.3, -0.25) is 0 Å². The third-order valence-electron chi connectivity index (χ3n) is 2.64. The van der Waals surface area contributed by atoms with Crippen molar-refractivity contribution in [2.45, 2.75) is 12.8 Å². The van der Waals surface area contributed by atoms with Crippen LogP contribution in [0, 0.1) is 0 Å². The highest BCUT2D eigenvalue weighted by atomic mass is 32.1. The number of hydrogen-bond donors (Lipinski definition) is 1. The van der Waals surface area contributed by atoms with E-state index in [1.807, 2.05) is 35.7 Å². The average molecular weight is 258 g/mol. The molecule has 0 unspecified atom stereocenters. The van der Waals surface area contributed by atoms with Crippen LogP contribution < -0.4 is 0 Å². The first kappa shape index (κ1) is 12.6. The van der Waals surface area contributed by atoms with Crippen LogP contribution in [-0.2, 0) is 11.2 Å². The lowest BCUT2D eigenvalue weighted by atomic mass is 10.1. The van der Waals surface area contributed by atoms with Crippen molar-refractivity contribution in [2.75, 3.05) is 0 Å². The van der Waals surface area contributed by atoms with Gasteiger partial charge in [0.25, 0.3) is 0 Å². The van der Waals surface area contributed by atoms with Gasteiger partial charge in [0.05, 0.1) is 5.57 Å². The lowest BCUT2D eigenvalue weighted by Gasteiger charge is -2.00. The number of allylic oxidation sites excluding steroid dienone is 1. The Morgan fingerprint density at radius 3 is 2.56 bits per heavy atom. The van der Waals surface area contributed by atoms with Crippen LogP contribution in [0.25, 0.3) is 5.57 Å². The number of benzene rings is 1. The highest BCUT2D eigenvalue weighted by molar-refractivity contribution is 7.11. The van der Waals surface area contributed by atoms with Gasteiger partial charge >= 0.3 is 5.97 Å². The van der Waals surface area contributed by atoms with Gasteiger partial charge in [0.1, 0.15) is 0 Å². The van der Waals surface area contributed by atoms with Gasteiger partial charge in [-0.25, -0.2) is 4.79 Å². The molecule has 0 spiro atoms. The fourth-order valence-corrected chi connectivity index (χ4v) is 2.51. The van der Waals surface area contributed by atoms with E-state index < -0.39 is 5.97 Å². The summed E-state index contributed by atoms with van der Waals surface area (Å²) < 4.78 is 0. The molecule has 0 amide bonds. The normalized spacial score (nSPS) is 11.4. The van der Waals surface area contributed by atoms with E-state index in [1.54, 1.807) is 6.08 Å². The largest absolute Gasteiger partial charge is 0.478 e. The SMILES string of the molecule is O=C(O)C(=CCCc1ccccc1)c1cccs1. The van der Waals surface area contributed by atoms with Gasteiger partial charge in [-0.1, -0.05) is 42.5 Å². The molecule has 0 saturated carbocycles. The molecule has 2 nitrogen and oxygen atoms in total. The second-order valence-corrected chi connectivity index (χ2v) is 4.87. The van der Waals surface area contributed by atoms with Crippen LogP contribution in [-0.4, -0.2) is 11.1 Å². The Balaban J connectivity index is 2.04. The van der Waals surface area contributed by atoms with Gasteiger partial charge in [-0.15, -0.1) is 11.3 Å². The molecular weight excluding hydrogens is 244 g/mol. The molecule has 1 N–H and O–H groups in total. The molecular formula is C15H14O2S. The van der Waals surface area contributed by atoms with Gasteiger partial charge in [-0.2, -0.15) is 0 Å². The van der Waals surface area contributed by atoms with E-state index in [9.17, 15) is 9.90 Å². The molecule has 1 aromatic heterocycles. The maximum absolute atomic E-state index is 11.2. The van der Waals surface area contributed by atoms with Gasteiger partial charge in [0.15, 0.2) is 0 Å². The van der Waals surface area contributed by atoms with E-state index in [0.29, 0.717) is 5.57 Å². The first-order valence-corrected chi connectivity index (χ1v) is 6.66. The minimum absolute atomic E-state index is 0.404. The van der Waals surface area contributed by atoms with Crippen molar-refractivity contribution >= 4 is 22.9 Å². The third-order valence-corrected chi connectivity index (χ3v) is 3.54. The van der Waals surface area contributed by atoms with Crippen LogP contribution in [0.4, 0.5) is 0 Å². The van der Waals surface area contributed by atoms with Crippen LogP contribution in [0.15, 0.2) is 53.9 Å². The van der Waals surface area contributed by atoms with E-state index in [-0.39, 0.29) is 0 Å². The monoisotopic (exact) mass is 258 g/mol. The number of carboxylic acids is 1. The molecule has 0 aliphatic heterocycles. The first-order chi connectivity index (χ1) is 8.77. The summed E-state index contributed by atoms with van der Waals surface area (Å²) in [6.07, 6.45) is 3.41. The zero-order chi connectivity index (χ0) is 12.8. The molecule has 0 radical (unpaired) electrons. The van der Waals surface area contributed by atoms with Crippen LogP contribution in [0.5, 0.6) is 0 Å². The predicted octanol–water partition coefficient (Wildman–Crippen LogP) is 3.85. The van der Waals surface area contributed by atoms with Crippen molar-refractivity contribution in [1.29, 1.82) is 0 Å². The molecule has 0 saturated heterocycles. The summed E-state index contributed by atoms with van der Waals surface area (Å²) in [5.41, 5.74) is 1.63. The molecule has 1 heterocycles. The van der Waals surface area contributed by atoms with Crippen molar-refractivity contribution in [2.24, 2.45) is 0 Å². The smallest absolute Gasteiger partial charge is 0.336 e. The first-order valence-electron chi connectivity index (χ1n) is 5.78. The highest BCUT2D eigenvalue weighted by Crippen LogP contribution is 2.21. The topological polar surface area (TPSA) is 37.3 Å². The van der Waals surface area contributed by atoms with Crippen LogP contribution in [0.3, 0.4) is 0 Å². The highest BCUT2D eigenvalue weighted by Gasteiger charge is 2.10. The predicted molar refractivity (Wildman–Crippen MR) is 74.7 cm³/mol. The fraction of sp³-hybridized carbons (Fsp3) is 0.133. The number of aryl methyl sites for hydroxylation is 1. The van der Waals surface area contributed by atoms with Gasteiger partial charge in [0, 0.05) is 4.88 Å². The quantitative estimate of drug-likeness (QED) is 0.827. The Morgan fingerprint density at radius 1 is 1.17 bits per heavy atom. The molecule has 1 aromatic carbocycles. The molecule has 3 heteroatoms. The molecule has 92 valence electrons. The minimum Gasteiger partial charge on any atom is -0.478 e. The van der Waals surface area contributed by atoms with Crippen LogP contribution in [0.2, 0.25) is 0 Å². The Hall–Kier alpha value is -1.87. The third kappa shape index (κ3) is 3.31. The van der Waals surface area contributed by atoms with Crippen LogP contribution >= 0.6 is 11.3 Å². The number of aliphatic carboxylic acids is 1. The van der Waals surface area contributed by atoms with Crippen LogP contribution in [0.1, 0.15) is 16.9 Å². The number of hydrogen-bond acceptors (Lipinski definition) is 2. The van der Waals surface area contributed by atoms with E-state index in [4.69, 9.17) is 0 Å². The fourth-order valence-electron chi connectivity index (χ4n) is 1.75. The van der Waals surface area contributed by atoms with E-state index in [1.165, 1.54) is 16.9 Å². The standard InChI is InChI=1S/C15H14O2S/c16-15(17)13(14-10-5-11-18-14)9-4-8-12-6-2-1-3-7-12/h1-3,5-7,9-11H,4,8H2,(H,16,17). The molecule has 0 bridgehead atoms. The lowest BCUT2D eigenvalue weighted by molar-refractivity contribution is -0.130. The molecule has 18 heavy (non-hydrogen) atoms. The Bertz CT molecular complexity index is 527. The number of carboxylic acid groups (broad SMARTS) is 1. The lowest BCUT2D eigenvalue weighted by Crippen LogP contribution is -1.98. The Morgan fingerprint density at radius 2 is 1.94 bits per heavy atom. The van der Waals surface area contributed by atoms with Gasteiger partial charge in [-0.05, 0) is 29.9 Å². The maximum Gasteiger partial charge on any atom is 0.336 e. The number of thiophene rings is 1. The summed E-state index contributed by atoms with van der Waals surface area (Å²) in [5.74, 6) is -0.856. The molecule has 0 atom stereocenters. The second-order valence-electron chi connectivity index (χ2n) is 3.92. The van der Waals surface area contributed by atoms with Crippen molar-refractivity contribution in [1.82, 2.24) is 0 Å². The summed E-state index contributed by atoms with van der Waals surface area (Å²) >= 11 is 1.46. The Kier molecular flexibility index (Phi) is 4.31. The summed E-state index contributed by atoms with van der Waals surface area (Å²) in [7, 11) is 0. The summed E-state index contributed by atoms with van der Waals surface area (Å²) in [6.45, 7) is 0. The second kappa shape index (κ2) is 6.17. The maximum atomic E-state index is 11.2. The Labute approximate surface area is 110 Å². The average Bonchev–Trinajstić information content (AvgIpc) is 2.89. The van der Waals surface area contributed by atoms with Crippen molar-refractivity contribution in [3.63, 3.8) is 0 Å².